The highest BCUT2D eigenvalue weighted by atomic mass is 15.2. The van der Waals surface area contributed by atoms with Crippen molar-refractivity contribution in [2.45, 2.75) is 0 Å². The number of nitrogens with zero attached hydrogens (tertiary/aromatic N) is 10. The molecule has 22 rings (SSSR count). The van der Waals surface area contributed by atoms with Crippen molar-refractivity contribution in [3.05, 3.63) is 401 Å². The zero-order valence-electron chi connectivity index (χ0n) is 60.6. The number of para-hydroxylation sites is 4. The van der Waals surface area contributed by atoms with Crippen LogP contribution >= 0.6 is 0 Å². The van der Waals surface area contributed by atoms with Gasteiger partial charge in [0.1, 0.15) is 11.6 Å². The molecule has 0 saturated heterocycles. The predicted molar refractivity (Wildman–Crippen MR) is 460 cm³/mol. The Labute approximate surface area is 645 Å². The highest BCUT2D eigenvalue weighted by Gasteiger charge is 2.22. The first kappa shape index (κ1) is 65.1. The molecule has 0 unspecified atom stereocenters. The third-order valence-corrected chi connectivity index (χ3v) is 21.7. The number of benzene rings is 14. The third kappa shape index (κ3) is 11.5. The standard InChI is InChI=1S/C52H34N4.C50H32N6/c1-3-13-35(14-4-1)41-33-46(38-15-5-2-6-16-38)54-52(34-41)56-48-20-10-8-18-43(48)45-32-40(27-29-50(45)56)37-24-22-36(23-25-37)39-26-28-49-44(31-39)42-17-7-9-19-47(42)55(49)51-21-11-12-30-53-51;1-3-12-35(13-4-1)43-32-44(36-14-5-2-6-15-36)54-50(53-43)56-46-19-10-8-17-40(46)42-31-38(25-27-48(42)56)34-22-20-33(21-23-34)37-24-26-47-41(30-37)39-16-7-9-18-45(39)55(47)49-51-28-11-29-52-49/h1-34H;1-32H. The van der Waals surface area contributed by atoms with Crippen LogP contribution in [0.4, 0.5) is 0 Å². The lowest BCUT2D eigenvalue weighted by Crippen LogP contribution is -2.03. The van der Waals surface area contributed by atoms with Crippen LogP contribution in [-0.2, 0) is 0 Å². The van der Waals surface area contributed by atoms with E-state index in [0.29, 0.717) is 11.9 Å². The Balaban J connectivity index is 0.000000141. The predicted octanol–water partition coefficient (Wildman–Crippen LogP) is 25.5. The molecule has 10 heteroatoms. The Morgan fingerprint density at radius 3 is 0.839 bits per heavy atom. The summed E-state index contributed by atoms with van der Waals surface area (Å²) < 4.78 is 8.91. The molecule has 8 aromatic heterocycles. The fourth-order valence-electron chi connectivity index (χ4n) is 16.4. The van der Waals surface area contributed by atoms with Crippen molar-refractivity contribution in [1.29, 1.82) is 0 Å². The van der Waals surface area contributed by atoms with Crippen LogP contribution in [-0.4, -0.2) is 48.2 Å². The van der Waals surface area contributed by atoms with Crippen LogP contribution in [0.25, 0.3) is 200 Å². The van der Waals surface area contributed by atoms with E-state index in [4.69, 9.17) is 15.0 Å². The van der Waals surface area contributed by atoms with Gasteiger partial charge in [-0.3, -0.25) is 18.3 Å². The van der Waals surface area contributed by atoms with Crippen LogP contribution in [0.1, 0.15) is 0 Å². The molecule has 14 aromatic carbocycles. The molecule has 0 N–H and O–H groups in total. The van der Waals surface area contributed by atoms with E-state index in [2.05, 4.69) is 355 Å². The van der Waals surface area contributed by atoms with Gasteiger partial charge in [0, 0.05) is 78.4 Å². The van der Waals surface area contributed by atoms with Crippen LogP contribution in [0, 0.1) is 0 Å². The molecular formula is C102H66N10. The first-order valence-corrected chi connectivity index (χ1v) is 37.7. The van der Waals surface area contributed by atoms with Gasteiger partial charge < -0.3 is 0 Å². The van der Waals surface area contributed by atoms with Gasteiger partial charge in [-0.05, 0) is 165 Å². The summed E-state index contributed by atoms with van der Waals surface area (Å²) in [4.78, 5) is 29.5. The van der Waals surface area contributed by atoms with Gasteiger partial charge >= 0.3 is 0 Å². The largest absolute Gasteiger partial charge is 0.294 e. The van der Waals surface area contributed by atoms with Crippen molar-refractivity contribution in [3.63, 3.8) is 0 Å². The minimum atomic E-state index is 0.643. The van der Waals surface area contributed by atoms with E-state index in [9.17, 15) is 0 Å². The highest BCUT2D eigenvalue weighted by molar-refractivity contribution is 6.14. The summed E-state index contributed by atoms with van der Waals surface area (Å²) in [5, 5.41) is 9.50. The molecule has 524 valence electrons. The van der Waals surface area contributed by atoms with Crippen LogP contribution in [0.2, 0.25) is 0 Å². The summed E-state index contributed by atoms with van der Waals surface area (Å²) in [6.07, 6.45) is 5.43. The van der Waals surface area contributed by atoms with E-state index in [1.807, 2.05) is 66.9 Å². The molecule has 0 amide bonds. The van der Waals surface area contributed by atoms with Crippen LogP contribution in [0.3, 0.4) is 0 Å². The molecule has 112 heavy (non-hydrogen) atoms. The molecule has 0 aliphatic rings. The summed E-state index contributed by atoms with van der Waals surface area (Å²) in [6, 6.07) is 135. The molecule has 0 aliphatic heterocycles. The minimum absolute atomic E-state index is 0.643. The van der Waals surface area contributed by atoms with Crippen LogP contribution < -0.4 is 0 Å². The number of pyridine rings is 2. The molecule has 0 saturated carbocycles. The molecule has 0 atom stereocenters. The number of aromatic nitrogens is 10. The minimum Gasteiger partial charge on any atom is -0.294 e. The van der Waals surface area contributed by atoms with Gasteiger partial charge in [-0.15, -0.1) is 0 Å². The molecule has 0 radical (unpaired) electrons. The smallest absolute Gasteiger partial charge is 0.235 e. The summed E-state index contributed by atoms with van der Waals surface area (Å²) in [6.45, 7) is 0. The van der Waals surface area contributed by atoms with Gasteiger partial charge in [0.25, 0.3) is 0 Å². The van der Waals surface area contributed by atoms with E-state index in [-0.39, 0.29) is 0 Å². The summed E-state index contributed by atoms with van der Waals surface area (Å²) in [5.41, 5.74) is 26.4. The Kier molecular flexibility index (Phi) is 16.0. The van der Waals surface area contributed by atoms with Crippen molar-refractivity contribution in [2.24, 2.45) is 0 Å². The van der Waals surface area contributed by atoms with Crippen molar-refractivity contribution in [1.82, 2.24) is 48.2 Å². The van der Waals surface area contributed by atoms with Crippen molar-refractivity contribution < 1.29 is 0 Å². The van der Waals surface area contributed by atoms with E-state index in [0.717, 1.165) is 134 Å². The number of rotatable bonds is 12. The normalized spacial score (nSPS) is 11.6. The molecular weight excluding hydrogens is 1370 g/mol. The first-order valence-electron chi connectivity index (χ1n) is 37.7. The molecule has 0 spiro atoms. The monoisotopic (exact) mass is 1430 g/mol. The number of hydrogen-bond acceptors (Lipinski definition) is 6. The Bertz CT molecular complexity index is 6760. The molecule has 0 fully saturated rings. The first-order chi connectivity index (χ1) is 55.5. The van der Waals surface area contributed by atoms with Gasteiger partial charge in [0.05, 0.1) is 61.2 Å². The maximum Gasteiger partial charge on any atom is 0.235 e. The molecule has 22 aromatic rings. The molecule has 10 nitrogen and oxygen atoms in total. The third-order valence-electron chi connectivity index (χ3n) is 21.7. The second kappa shape index (κ2) is 27.5. The zero-order chi connectivity index (χ0) is 74.0. The summed E-state index contributed by atoms with van der Waals surface area (Å²) in [7, 11) is 0. The van der Waals surface area contributed by atoms with Crippen LogP contribution in [0.15, 0.2) is 401 Å². The van der Waals surface area contributed by atoms with E-state index >= 15 is 0 Å². The van der Waals surface area contributed by atoms with E-state index < -0.39 is 0 Å². The summed E-state index contributed by atoms with van der Waals surface area (Å²) >= 11 is 0. The molecule has 8 heterocycles. The Morgan fingerprint density at radius 2 is 0.446 bits per heavy atom. The Morgan fingerprint density at radius 1 is 0.152 bits per heavy atom. The second-order valence-electron chi connectivity index (χ2n) is 28.2. The lowest BCUT2D eigenvalue weighted by atomic mass is 9.98. The Hall–Kier alpha value is -15.3. The van der Waals surface area contributed by atoms with Gasteiger partial charge in [-0.1, -0.05) is 273 Å². The maximum atomic E-state index is 5.30. The van der Waals surface area contributed by atoms with Gasteiger partial charge in [0.15, 0.2) is 0 Å². The van der Waals surface area contributed by atoms with E-state index in [1.54, 1.807) is 12.4 Å². The number of fused-ring (bicyclic) bond motifs is 12. The topological polar surface area (TPSA) is 97.1 Å². The summed E-state index contributed by atoms with van der Waals surface area (Å²) in [5.74, 6) is 3.13. The molecule has 0 aliphatic carbocycles. The average Bonchev–Trinajstić information content (AvgIpc) is 1.60. The van der Waals surface area contributed by atoms with Crippen molar-refractivity contribution >= 4 is 87.2 Å². The van der Waals surface area contributed by atoms with Crippen molar-refractivity contribution in [2.75, 3.05) is 0 Å². The lowest BCUT2D eigenvalue weighted by Gasteiger charge is -2.13. The average molecular weight is 1430 g/mol. The number of hydrogen-bond donors (Lipinski definition) is 0. The molecule has 0 bridgehead atoms. The fourth-order valence-corrected chi connectivity index (χ4v) is 16.4. The SMILES string of the molecule is c1ccc(-c2cc(-c3ccccc3)nc(-n3c4ccccc4c4cc(-c5ccc(-c6ccc7c(c6)c6ccccc6n7-c6ccccn6)cc5)ccc43)c2)cc1.c1ccc(-c2cc(-c3ccccc3)nc(-n3c4ccccc4c4cc(-c5ccc(-c6ccc7c(c6)c6ccccc6n7-c6ncccn6)cc5)ccc43)n2)cc1. The lowest BCUT2D eigenvalue weighted by molar-refractivity contribution is 0.988. The van der Waals surface area contributed by atoms with Gasteiger partial charge in [-0.2, -0.15) is 0 Å². The van der Waals surface area contributed by atoms with Crippen molar-refractivity contribution in [3.8, 4) is 113 Å². The second-order valence-corrected chi connectivity index (χ2v) is 28.2. The maximum absolute atomic E-state index is 5.30. The van der Waals surface area contributed by atoms with Gasteiger partial charge in [0.2, 0.25) is 11.9 Å². The highest BCUT2D eigenvalue weighted by Crippen LogP contribution is 2.42. The van der Waals surface area contributed by atoms with Crippen LogP contribution in [0.5, 0.6) is 0 Å². The fraction of sp³-hybridized carbons (Fsp3) is 0. The van der Waals surface area contributed by atoms with E-state index in [1.165, 1.54) is 54.6 Å². The van der Waals surface area contributed by atoms with Gasteiger partial charge in [-0.25, -0.2) is 29.9 Å². The zero-order valence-corrected chi connectivity index (χ0v) is 60.6. The quantitative estimate of drug-likeness (QED) is 0.121.